The van der Waals surface area contributed by atoms with Crippen LogP contribution >= 0.6 is 15.9 Å². The van der Waals surface area contributed by atoms with Crippen LogP contribution in [0.1, 0.15) is 36.6 Å². The number of rotatable bonds is 6. The first-order valence-electron chi connectivity index (χ1n) is 7.40. The minimum Gasteiger partial charge on any atom is -0.310 e. The van der Waals surface area contributed by atoms with E-state index in [-0.39, 0.29) is 11.9 Å². The Labute approximate surface area is 134 Å². The Bertz CT molecular complexity index is 580. The van der Waals surface area contributed by atoms with Gasteiger partial charge in [0, 0.05) is 11.6 Å². The van der Waals surface area contributed by atoms with Gasteiger partial charge in [-0.15, -0.1) is 0 Å². The molecule has 2 aromatic carbocycles. The maximum atomic E-state index is 14.3. The Kier molecular flexibility index (Phi) is 5.95. The lowest BCUT2D eigenvalue weighted by Crippen LogP contribution is -2.24. The fourth-order valence-corrected chi connectivity index (χ4v) is 2.86. The minimum absolute atomic E-state index is 0.0139. The third-order valence-electron chi connectivity index (χ3n) is 3.68. The number of nitrogens with one attached hydrogen (secondary N) is 1. The molecule has 1 N–H and O–H groups in total. The first-order chi connectivity index (χ1) is 10.2. The van der Waals surface area contributed by atoms with Crippen LogP contribution in [0.5, 0.6) is 0 Å². The lowest BCUT2D eigenvalue weighted by atomic mass is 9.97. The second-order valence-electron chi connectivity index (χ2n) is 5.13. The van der Waals surface area contributed by atoms with Gasteiger partial charge in [-0.05, 0) is 52.5 Å². The van der Waals surface area contributed by atoms with Gasteiger partial charge in [-0.1, -0.05) is 50.2 Å². The van der Waals surface area contributed by atoms with E-state index in [9.17, 15) is 4.39 Å². The van der Waals surface area contributed by atoms with Crippen LogP contribution < -0.4 is 5.32 Å². The van der Waals surface area contributed by atoms with Crippen molar-refractivity contribution in [1.82, 2.24) is 5.32 Å². The maximum Gasteiger partial charge on any atom is 0.142 e. The standard InChI is InChI=1S/C18H21BrFN/c1-3-13-8-10-14(11-9-13)12-17(21-4-2)15-6-5-7-16(19)18(15)20/h5-11,17,21H,3-4,12H2,1-2H3. The van der Waals surface area contributed by atoms with Crippen molar-refractivity contribution in [2.45, 2.75) is 32.7 Å². The Morgan fingerprint density at radius 3 is 2.33 bits per heavy atom. The molecule has 0 radical (unpaired) electrons. The van der Waals surface area contributed by atoms with E-state index in [0.29, 0.717) is 10.0 Å². The highest BCUT2D eigenvalue weighted by Crippen LogP contribution is 2.26. The van der Waals surface area contributed by atoms with E-state index in [1.54, 1.807) is 6.07 Å². The second-order valence-corrected chi connectivity index (χ2v) is 5.98. The fraction of sp³-hybridized carbons (Fsp3) is 0.333. The lowest BCUT2D eigenvalue weighted by molar-refractivity contribution is 0.507. The molecule has 0 heterocycles. The highest BCUT2D eigenvalue weighted by atomic mass is 79.9. The molecule has 0 saturated carbocycles. The van der Waals surface area contributed by atoms with E-state index < -0.39 is 0 Å². The highest BCUT2D eigenvalue weighted by molar-refractivity contribution is 9.10. The van der Waals surface area contributed by atoms with Crippen molar-refractivity contribution in [3.05, 3.63) is 69.4 Å². The summed E-state index contributed by atoms with van der Waals surface area (Å²) in [5.74, 6) is -0.173. The molecule has 1 unspecified atom stereocenters. The molecule has 0 aromatic heterocycles. The van der Waals surface area contributed by atoms with Gasteiger partial charge in [-0.2, -0.15) is 0 Å². The second kappa shape index (κ2) is 7.71. The number of aryl methyl sites for hydroxylation is 1. The summed E-state index contributed by atoms with van der Waals surface area (Å²) >= 11 is 3.27. The van der Waals surface area contributed by atoms with Crippen molar-refractivity contribution < 1.29 is 4.39 Å². The molecule has 1 nitrogen and oxygen atoms in total. The topological polar surface area (TPSA) is 12.0 Å². The SMILES string of the molecule is CCNC(Cc1ccc(CC)cc1)c1cccc(Br)c1F. The van der Waals surface area contributed by atoms with Gasteiger partial charge in [0.1, 0.15) is 5.82 Å². The van der Waals surface area contributed by atoms with E-state index in [4.69, 9.17) is 0 Å². The molecule has 1 atom stereocenters. The molecular formula is C18H21BrFN. The van der Waals surface area contributed by atoms with E-state index in [1.807, 2.05) is 19.1 Å². The van der Waals surface area contributed by atoms with Crippen LogP contribution in [0.25, 0.3) is 0 Å². The Morgan fingerprint density at radius 1 is 1.05 bits per heavy atom. The van der Waals surface area contributed by atoms with E-state index in [2.05, 4.69) is 52.4 Å². The predicted octanol–water partition coefficient (Wildman–Crippen LogP) is 5.04. The molecule has 0 bridgehead atoms. The van der Waals surface area contributed by atoms with E-state index in [1.165, 1.54) is 11.1 Å². The monoisotopic (exact) mass is 349 g/mol. The van der Waals surface area contributed by atoms with Crippen molar-refractivity contribution >= 4 is 15.9 Å². The average Bonchev–Trinajstić information content (AvgIpc) is 2.50. The molecule has 2 aromatic rings. The van der Waals surface area contributed by atoms with Crippen LogP contribution in [-0.2, 0) is 12.8 Å². The summed E-state index contributed by atoms with van der Waals surface area (Å²) in [5.41, 5.74) is 3.26. The molecule has 0 amide bonds. The quantitative estimate of drug-likeness (QED) is 0.769. The third-order valence-corrected chi connectivity index (χ3v) is 4.29. The molecule has 21 heavy (non-hydrogen) atoms. The van der Waals surface area contributed by atoms with Crippen LogP contribution in [0.3, 0.4) is 0 Å². The van der Waals surface area contributed by atoms with Crippen molar-refractivity contribution in [2.75, 3.05) is 6.54 Å². The Hall–Kier alpha value is -1.19. The molecule has 0 aliphatic heterocycles. The predicted molar refractivity (Wildman–Crippen MR) is 90.0 cm³/mol. The smallest absolute Gasteiger partial charge is 0.142 e. The maximum absolute atomic E-state index is 14.3. The van der Waals surface area contributed by atoms with Crippen molar-refractivity contribution in [2.24, 2.45) is 0 Å². The number of hydrogen-bond acceptors (Lipinski definition) is 1. The summed E-state index contributed by atoms with van der Waals surface area (Å²) in [6, 6.07) is 14.0. The van der Waals surface area contributed by atoms with Gasteiger partial charge in [0.15, 0.2) is 0 Å². The average molecular weight is 350 g/mol. The van der Waals surface area contributed by atoms with E-state index >= 15 is 0 Å². The van der Waals surface area contributed by atoms with Gasteiger partial charge in [0.2, 0.25) is 0 Å². The Morgan fingerprint density at radius 2 is 1.71 bits per heavy atom. The minimum atomic E-state index is -0.173. The molecule has 0 fully saturated rings. The number of benzene rings is 2. The summed E-state index contributed by atoms with van der Waals surface area (Å²) in [7, 11) is 0. The molecule has 0 aliphatic rings. The first kappa shape index (κ1) is 16.2. The number of hydrogen-bond donors (Lipinski definition) is 1. The molecule has 112 valence electrons. The summed E-state index contributed by atoms with van der Waals surface area (Å²) in [4.78, 5) is 0. The summed E-state index contributed by atoms with van der Waals surface area (Å²) < 4.78 is 14.8. The molecule has 0 aliphatic carbocycles. The van der Waals surface area contributed by atoms with Crippen LogP contribution in [-0.4, -0.2) is 6.54 Å². The van der Waals surface area contributed by atoms with Gasteiger partial charge >= 0.3 is 0 Å². The summed E-state index contributed by atoms with van der Waals surface area (Å²) in [6.45, 7) is 5.00. The molecule has 2 rings (SSSR count). The normalized spacial score (nSPS) is 12.4. The zero-order chi connectivity index (χ0) is 15.2. The van der Waals surface area contributed by atoms with Crippen LogP contribution in [0, 0.1) is 5.82 Å². The highest BCUT2D eigenvalue weighted by Gasteiger charge is 2.17. The zero-order valence-electron chi connectivity index (χ0n) is 12.5. The van der Waals surface area contributed by atoms with Crippen LogP contribution in [0.2, 0.25) is 0 Å². The van der Waals surface area contributed by atoms with Crippen molar-refractivity contribution in [3.8, 4) is 0 Å². The Balaban J connectivity index is 2.24. The summed E-state index contributed by atoms with van der Waals surface area (Å²) in [6.07, 6.45) is 1.82. The van der Waals surface area contributed by atoms with Crippen LogP contribution in [0.4, 0.5) is 4.39 Å². The molecule has 0 saturated heterocycles. The molecule has 3 heteroatoms. The van der Waals surface area contributed by atoms with Gasteiger partial charge in [-0.3, -0.25) is 0 Å². The van der Waals surface area contributed by atoms with Gasteiger partial charge in [0.25, 0.3) is 0 Å². The fourth-order valence-electron chi connectivity index (χ4n) is 2.47. The first-order valence-corrected chi connectivity index (χ1v) is 8.20. The van der Waals surface area contributed by atoms with Crippen LogP contribution in [0.15, 0.2) is 46.9 Å². The molecule has 0 spiro atoms. The van der Waals surface area contributed by atoms with Gasteiger partial charge < -0.3 is 5.32 Å². The molecular weight excluding hydrogens is 329 g/mol. The zero-order valence-corrected chi connectivity index (χ0v) is 14.1. The van der Waals surface area contributed by atoms with Gasteiger partial charge in [-0.25, -0.2) is 4.39 Å². The van der Waals surface area contributed by atoms with E-state index in [0.717, 1.165) is 19.4 Å². The largest absolute Gasteiger partial charge is 0.310 e. The number of likely N-dealkylation sites (N-methyl/N-ethyl adjacent to an activating group) is 1. The van der Waals surface area contributed by atoms with Crippen molar-refractivity contribution in [1.29, 1.82) is 0 Å². The lowest BCUT2D eigenvalue weighted by Gasteiger charge is -2.20. The van der Waals surface area contributed by atoms with Gasteiger partial charge in [0.05, 0.1) is 4.47 Å². The van der Waals surface area contributed by atoms with Crippen molar-refractivity contribution in [3.63, 3.8) is 0 Å². The third kappa shape index (κ3) is 4.14. The number of halogens is 2. The summed E-state index contributed by atoms with van der Waals surface area (Å²) in [5, 5.41) is 3.38.